The Kier molecular flexibility index (Phi) is 51.8. The lowest BCUT2D eigenvalue weighted by atomic mass is 10.1. The molecule has 2 saturated heterocycles. The number of hydrogen-bond acceptors (Lipinski definition) is 13. The summed E-state index contributed by atoms with van der Waals surface area (Å²) in [7, 11) is 7.88. The molecule has 3 N–H and O–H groups in total. The SMILES string of the molecule is CC.CC.CC.CN1C(=O)CCC1=O.CN1C(=O)CCC1=O.CNC(=O)CCC(=O)CCCOCCOC(C)COC.COCC(C)OCCOCCN. The molecule has 54 heavy (non-hydrogen) atoms. The third-order valence-electron chi connectivity index (χ3n) is 6.58. The first-order valence-electron chi connectivity index (χ1n) is 19.2. The van der Waals surface area contributed by atoms with E-state index < -0.39 is 0 Å². The van der Waals surface area contributed by atoms with E-state index in [4.69, 9.17) is 34.2 Å². The zero-order valence-corrected chi connectivity index (χ0v) is 36.0. The van der Waals surface area contributed by atoms with Gasteiger partial charge in [0.05, 0.1) is 58.5 Å². The van der Waals surface area contributed by atoms with Gasteiger partial charge in [0.15, 0.2) is 0 Å². The van der Waals surface area contributed by atoms with Crippen LogP contribution >= 0.6 is 0 Å². The molecule has 322 valence electrons. The number of Topliss-reactive ketones (excluding diaryl/α,β-unsaturated/α-hetero) is 1. The lowest BCUT2D eigenvalue weighted by Crippen LogP contribution is -2.23. The van der Waals surface area contributed by atoms with Crippen LogP contribution in [-0.2, 0) is 57.2 Å². The molecule has 2 aliphatic rings. The van der Waals surface area contributed by atoms with Crippen molar-refractivity contribution in [1.29, 1.82) is 0 Å². The molecular weight excluding hydrogens is 704 g/mol. The minimum absolute atomic E-state index is 0.0602. The van der Waals surface area contributed by atoms with Gasteiger partial charge in [-0.1, -0.05) is 41.5 Å². The van der Waals surface area contributed by atoms with Crippen LogP contribution in [0.5, 0.6) is 0 Å². The lowest BCUT2D eigenvalue weighted by Gasteiger charge is -2.11. The molecule has 2 aliphatic heterocycles. The number of nitrogens with zero attached hydrogens (tertiary/aromatic N) is 2. The summed E-state index contributed by atoms with van der Waals surface area (Å²) in [6.07, 6.45) is 3.50. The van der Waals surface area contributed by atoms with Gasteiger partial charge in [0.2, 0.25) is 29.5 Å². The Balaban J connectivity index is -0.000000200. The number of rotatable bonds is 21. The molecule has 2 heterocycles. The standard InChI is InChI=1S/C14H27NO5.C8H19NO3.2C5H7NO2.3C2H6/c1-12(11-18-3)20-10-9-19-8-4-5-13(16)6-7-14(17)15-2;1-8(7-10-2)12-6-5-11-4-3-9;2*1-6-4(7)2-3-5(6)8;3*1-2/h12H,4-11H2,1-3H3,(H,15,17);8H,3-7,9H2,1-2H3;2*2-3H2,1H3;3*1-2H3. The van der Waals surface area contributed by atoms with Crippen LogP contribution in [0, 0.1) is 0 Å². The van der Waals surface area contributed by atoms with Crippen LogP contribution in [0.25, 0.3) is 0 Å². The van der Waals surface area contributed by atoms with E-state index in [1.54, 1.807) is 21.3 Å². The summed E-state index contributed by atoms with van der Waals surface area (Å²) < 4.78 is 31.1. The predicted octanol–water partition coefficient (Wildman–Crippen LogP) is 3.55. The van der Waals surface area contributed by atoms with Crippen molar-refractivity contribution in [3.63, 3.8) is 0 Å². The van der Waals surface area contributed by atoms with Gasteiger partial charge in [-0.25, -0.2) is 0 Å². The van der Waals surface area contributed by atoms with Gasteiger partial charge in [0.1, 0.15) is 5.78 Å². The van der Waals surface area contributed by atoms with Crippen LogP contribution in [0.15, 0.2) is 0 Å². The molecule has 16 heteroatoms. The van der Waals surface area contributed by atoms with Crippen LogP contribution in [0.4, 0.5) is 0 Å². The highest BCUT2D eigenvalue weighted by atomic mass is 16.6. The first-order valence-corrected chi connectivity index (χ1v) is 19.2. The van der Waals surface area contributed by atoms with Gasteiger partial charge < -0.3 is 39.5 Å². The maximum absolute atomic E-state index is 11.4. The molecule has 2 unspecified atom stereocenters. The number of methoxy groups -OCH3 is 2. The van der Waals surface area contributed by atoms with Gasteiger partial charge in [-0.05, 0) is 20.3 Å². The Morgan fingerprint density at radius 2 is 1.00 bits per heavy atom. The number of imide groups is 2. The van der Waals surface area contributed by atoms with Crippen molar-refractivity contribution in [3.05, 3.63) is 0 Å². The molecule has 2 fully saturated rings. The van der Waals surface area contributed by atoms with Crippen molar-refractivity contribution in [1.82, 2.24) is 15.1 Å². The van der Waals surface area contributed by atoms with Crippen molar-refractivity contribution in [2.45, 2.75) is 119 Å². The second kappa shape index (κ2) is 46.3. The van der Waals surface area contributed by atoms with E-state index in [0.29, 0.717) is 104 Å². The first kappa shape index (κ1) is 60.4. The third kappa shape index (κ3) is 40.3. The Bertz CT molecular complexity index is 859. The quantitative estimate of drug-likeness (QED) is 0.127. The number of carbonyl (C=O) groups is 6. The number of hydrogen-bond donors (Lipinski definition) is 2. The van der Waals surface area contributed by atoms with Gasteiger partial charge in [0.25, 0.3) is 0 Å². The number of likely N-dealkylation sites (tertiary alicyclic amines) is 2. The second-order valence-corrected chi connectivity index (χ2v) is 10.8. The highest BCUT2D eigenvalue weighted by molar-refractivity contribution is 6.02. The average molecular weight is 783 g/mol. The molecule has 0 radical (unpaired) electrons. The molecule has 0 saturated carbocycles. The highest BCUT2D eigenvalue weighted by Crippen LogP contribution is 2.08. The van der Waals surface area contributed by atoms with Crippen LogP contribution in [0.1, 0.15) is 107 Å². The Morgan fingerprint density at radius 3 is 1.30 bits per heavy atom. The van der Waals surface area contributed by atoms with Gasteiger partial charge >= 0.3 is 0 Å². The largest absolute Gasteiger partial charge is 0.382 e. The van der Waals surface area contributed by atoms with E-state index in [1.165, 1.54) is 23.9 Å². The number of amides is 5. The van der Waals surface area contributed by atoms with Crippen molar-refractivity contribution in [2.24, 2.45) is 5.73 Å². The summed E-state index contributed by atoms with van der Waals surface area (Å²) in [6.45, 7) is 21.0. The fraction of sp³-hybridized carbons (Fsp3) is 0.842. The third-order valence-corrected chi connectivity index (χ3v) is 6.58. The summed E-state index contributed by atoms with van der Waals surface area (Å²) >= 11 is 0. The van der Waals surface area contributed by atoms with Crippen molar-refractivity contribution in [3.8, 4) is 0 Å². The molecule has 0 aromatic rings. The second-order valence-electron chi connectivity index (χ2n) is 10.8. The van der Waals surface area contributed by atoms with E-state index in [0.717, 1.165) is 0 Å². The minimum atomic E-state index is -0.100. The summed E-state index contributed by atoms with van der Waals surface area (Å²) in [5, 5.41) is 2.49. The molecule has 16 nitrogen and oxygen atoms in total. The normalized spacial score (nSPS) is 13.8. The van der Waals surface area contributed by atoms with Crippen LogP contribution in [0.2, 0.25) is 0 Å². The maximum Gasteiger partial charge on any atom is 0.229 e. The van der Waals surface area contributed by atoms with Crippen LogP contribution < -0.4 is 11.1 Å². The Hall–Kier alpha value is -2.86. The summed E-state index contributed by atoms with van der Waals surface area (Å²) in [4.78, 5) is 66.7. The van der Waals surface area contributed by atoms with Crippen molar-refractivity contribution in [2.75, 3.05) is 94.8 Å². The molecule has 0 aliphatic carbocycles. The number of nitrogens with two attached hydrogens (primary N) is 1. The van der Waals surface area contributed by atoms with Crippen LogP contribution in [0.3, 0.4) is 0 Å². The van der Waals surface area contributed by atoms with E-state index in [1.807, 2.05) is 55.4 Å². The van der Waals surface area contributed by atoms with Gasteiger partial charge in [-0.3, -0.25) is 38.6 Å². The zero-order chi connectivity index (χ0) is 42.7. The van der Waals surface area contributed by atoms with Crippen LogP contribution in [-0.4, -0.2) is 152 Å². The predicted molar refractivity (Wildman–Crippen MR) is 211 cm³/mol. The van der Waals surface area contributed by atoms with Gasteiger partial charge in [0, 0.05) is 93.5 Å². The summed E-state index contributed by atoms with van der Waals surface area (Å²) in [6, 6.07) is 0. The number of ketones is 1. The van der Waals surface area contributed by atoms with E-state index >= 15 is 0 Å². The summed E-state index contributed by atoms with van der Waals surface area (Å²) in [5.41, 5.74) is 5.23. The molecule has 0 spiro atoms. The molecule has 5 amide bonds. The smallest absolute Gasteiger partial charge is 0.229 e. The molecule has 0 aromatic heterocycles. The number of nitrogens with one attached hydrogen (secondary N) is 1. The molecule has 2 atom stereocenters. The van der Waals surface area contributed by atoms with Crippen molar-refractivity contribution < 1.29 is 57.2 Å². The molecule has 0 bridgehead atoms. The van der Waals surface area contributed by atoms with Crippen molar-refractivity contribution >= 4 is 35.3 Å². The molecule has 0 aromatic carbocycles. The maximum atomic E-state index is 11.4. The molecule has 2 rings (SSSR count). The van der Waals surface area contributed by atoms with E-state index in [9.17, 15) is 28.8 Å². The number of ether oxygens (including phenoxy) is 6. The minimum Gasteiger partial charge on any atom is -0.382 e. The van der Waals surface area contributed by atoms with E-state index in [-0.39, 0.29) is 53.9 Å². The Morgan fingerprint density at radius 1 is 0.630 bits per heavy atom. The highest BCUT2D eigenvalue weighted by Gasteiger charge is 2.24. The fourth-order valence-corrected chi connectivity index (χ4v) is 3.72. The molecular formula is C38H78N4O12. The summed E-state index contributed by atoms with van der Waals surface area (Å²) in [5.74, 6) is -0.242. The fourth-order valence-electron chi connectivity index (χ4n) is 3.72. The van der Waals surface area contributed by atoms with Gasteiger partial charge in [-0.15, -0.1) is 0 Å². The Labute approximate surface area is 326 Å². The topological polar surface area (TPSA) is 202 Å². The monoisotopic (exact) mass is 783 g/mol. The lowest BCUT2D eigenvalue weighted by molar-refractivity contribution is -0.138. The van der Waals surface area contributed by atoms with Gasteiger partial charge in [-0.2, -0.15) is 0 Å². The van der Waals surface area contributed by atoms with E-state index in [2.05, 4.69) is 5.32 Å². The number of carbonyl (C=O) groups excluding carboxylic acids is 6. The first-order chi connectivity index (χ1) is 25.8. The zero-order valence-electron chi connectivity index (χ0n) is 36.0. The average Bonchev–Trinajstić information content (AvgIpc) is 3.65.